The van der Waals surface area contributed by atoms with Crippen LogP contribution in [0.25, 0.3) is 0 Å². The SMILES string of the molecule is CCOC(=O)[C@@H](N)[C@H](OCc1ccccc1)[C@@H]1OC(C)(C)O[C@H]1COS(C)(=O)=O. The standard InChI is InChI=1S/C19H29NO8S/c1-5-24-18(21)15(20)17(25-11-13-9-7-6-8-10-13)16-14(12-26-29(4,22)23)27-19(2,3)28-16/h6-10,14-17H,5,11-12,20H2,1-4H3/t14-,15-,16+,17-/m0/s1. The van der Waals surface area contributed by atoms with Gasteiger partial charge in [0, 0.05) is 0 Å². The first-order chi connectivity index (χ1) is 13.5. The Morgan fingerprint density at radius 3 is 2.48 bits per heavy atom. The van der Waals surface area contributed by atoms with Crippen LogP contribution < -0.4 is 5.73 Å². The molecule has 0 aromatic heterocycles. The Morgan fingerprint density at radius 2 is 1.90 bits per heavy atom. The second kappa shape index (κ2) is 9.96. The van der Waals surface area contributed by atoms with Crippen molar-refractivity contribution >= 4 is 16.1 Å². The zero-order valence-corrected chi connectivity index (χ0v) is 17.9. The largest absolute Gasteiger partial charge is 0.465 e. The van der Waals surface area contributed by atoms with E-state index in [-0.39, 0.29) is 19.8 Å². The van der Waals surface area contributed by atoms with E-state index in [4.69, 9.17) is 28.9 Å². The van der Waals surface area contributed by atoms with E-state index in [1.54, 1.807) is 20.8 Å². The first-order valence-electron chi connectivity index (χ1n) is 9.30. The highest BCUT2D eigenvalue weighted by atomic mass is 32.2. The zero-order valence-electron chi connectivity index (χ0n) is 17.1. The molecular formula is C19H29NO8S. The molecule has 10 heteroatoms. The molecule has 1 aliphatic rings. The van der Waals surface area contributed by atoms with Gasteiger partial charge in [0.25, 0.3) is 10.1 Å². The van der Waals surface area contributed by atoms with E-state index in [0.29, 0.717) is 0 Å². The molecule has 0 bridgehead atoms. The number of esters is 1. The lowest BCUT2D eigenvalue weighted by atomic mass is 10.0. The number of benzene rings is 1. The molecule has 2 rings (SSSR count). The van der Waals surface area contributed by atoms with E-state index in [9.17, 15) is 13.2 Å². The highest BCUT2D eigenvalue weighted by Crippen LogP contribution is 2.32. The Bertz CT molecular complexity index is 768. The monoisotopic (exact) mass is 431 g/mol. The molecule has 164 valence electrons. The molecule has 0 spiro atoms. The summed E-state index contributed by atoms with van der Waals surface area (Å²) < 4.78 is 50.4. The predicted octanol–water partition coefficient (Wildman–Crippen LogP) is 0.959. The number of nitrogens with two attached hydrogens (primary N) is 1. The minimum absolute atomic E-state index is 0.159. The summed E-state index contributed by atoms with van der Waals surface area (Å²) in [6.45, 7) is 5.04. The topological polar surface area (TPSA) is 123 Å². The molecule has 29 heavy (non-hydrogen) atoms. The molecule has 1 heterocycles. The van der Waals surface area contributed by atoms with Gasteiger partial charge in [-0.1, -0.05) is 30.3 Å². The maximum atomic E-state index is 12.3. The third kappa shape index (κ3) is 7.32. The number of ether oxygens (including phenoxy) is 4. The third-order valence-corrected chi connectivity index (χ3v) is 4.75. The van der Waals surface area contributed by atoms with Crippen LogP contribution in [-0.2, 0) is 44.7 Å². The summed E-state index contributed by atoms with van der Waals surface area (Å²) in [5, 5.41) is 0. The second-order valence-corrected chi connectivity index (χ2v) is 8.81. The fourth-order valence-electron chi connectivity index (χ4n) is 3.00. The molecular weight excluding hydrogens is 402 g/mol. The summed E-state index contributed by atoms with van der Waals surface area (Å²) in [5.41, 5.74) is 7.00. The molecule has 4 atom stereocenters. The van der Waals surface area contributed by atoms with Crippen LogP contribution in [0.1, 0.15) is 26.3 Å². The van der Waals surface area contributed by atoms with Crippen molar-refractivity contribution in [3.8, 4) is 0 Å². The molecule has 1 aromatic rings. The van der Waals surface area contributed by atoms with Crippen molar-refractivity contribution in [3.63, 3.8) is 0 Å². The van der Waals surface area contributed by atoms with Gasteiger partial charge in [-0.3, -0.25) is 8.98 Å². The molecule has 1 fully saturated rings. The van der Waals surface area contributed by atoms with Crippen molar-refractivity contribution in [3.05, 3.63) is 35.9 Å². The van der Waals surface area contributed by atoms with Gasteiger partial charge in [-0.05, 0) is 26.3 Å². The van der Waals surface area contributed by atoms with Gasteiger partial charge in [-0.15, -0.1) is 0 Å². The summed E-state index contributed by atoms with van der Waals surface area (Å²) in [7, 11) is -3.70. The van der Waals surface area contributed by atoms with Crippen molar-refractivity contribution in [2.24, 2.45) is 5.73 Å². The van der Waals surface area contributed by atoms with Crippen molar-refractivity contribution in [1.82, 2.24) is 0 Å². The van der Waals surface area contributed by atoms with Crippen molar-refractivity contribution < 1.29 is 36.3 Å². The lowest BCUT2D eigenvalue weighted by Crippen LogP contribution is -2.54. The fourth-order valence-corrected chi connectivity index (χ4v) is 3.38. The maximum Gasteiger partial charge on any atom is 0.325 e. The van der Waals surface area contributed by atoms with Crippen molar-refractivity contribution in [2.45, 2.75) is 57.5 Å². The number of hydrogen-bond donors (Lipinski definition) is 1. The lowest BCUT2D eigenvalue weighted by Gasteiger charge is -2.30. The molecule has 0 unspecified atom stereocenters. The smallest absolute Gasteiger partial charge is 0.325 e. The van der Waals surface area contributed by atoms with E-state index in [1.807, 2.05) is 30.3 Å². The van der Waals surface area contributed by atoms with Crippen LogP contribution in [0.5, 0.6) is 0 Å². The van der Waals surface area contributed by atoms with Crippen LogP contribution in [0.3, 0.4) is 0 Å². The van der Waals surface area contributed by atoms with Gasteiger partial charge in [0.1, 0.15) is 24.4 Å². The maximum absolute atomic E-state index is 12.3. The average Bonchev–Trinajstić information content (AvgIpc) is 2.95. The Hall–Kier alpha value is -1.56. The third-order valence-electron chi connectivity index (χ3n) is 4.19. The van der Waals surface area contributed by atoms with E-state index < -0.39 is 46.2 Å². The Balaban J connectivity index is 2.24. The van der Waals surface area contributed by atoms with Crippen LogP contribution in [-0.4, -0.2) is 64.0 Å². The van der Waals surface area contributed by atoms with Gasteiger partial charge >= 0.3 is 5.97 Å². The van der Waals surface area contributed by atoms with Gasteiger partial charge in [-0.25, -0.2) is 0 Å². The summed E-state index contributed by atoms with van der Waals surface area (Å²) in [6, 6.07) is 8.17. The Kier molecular flexibility index (Phi) is 8.15. The van der Waals surface area contributed by atoms with Crippen LogP contribution in [0.15, 0.2) is 30.3 Å². The molecule has 1 aliphatic heterocycles. The first kappa shape index (κ1) is 23.7. The summed E-state index contributed by atoms with van der Waals surface area (Å²) in [6.07, 6.45) is -1.68. The van der Waals surface area contributed by atoms with E-state index >= 15 is 0 Å². The summed E-state index contributed by atoms with van der Waals surface area (Å²) >= 11 is 0. The minimum Gasteiger partial charge on any atom is -0.465 e. The zero-order chi connectivity index (χ0) is 21.7. The second-order valence-electron chi connectivity index (χ2n) is 7.17. The number of rotatable bonds is 10. The van der Waals surface area contributed by atoms with Gasteiger partial charge in [-0.2, -0.15) is 8.42 Å². The van der Waals surface area contributed by atoms with Gasteiger partial charge in [0.15, 0.2) is 5.79 Å². The molecule has 0 radical (unpaired) electrons. The summed E-state index contributed by atoms with van der Waals surface area (Å²) in [5.74, 6) is -1.69. The normalized spacial score (nSPS) is 23.5. The highest BCUT2D eigenvalue weighted by molar-refractivity contribution is 7.85. The minimum atomic E-state index is -3.70. The van der Waals surface area contributed by atoms with Gasteiger partial charge < -0.3 is 24.7 Å². The highest BCUT2D eigenvalue weighted by Gasteiger charge is 2.49. The number of carbonyl (C=O) groups excluding carboxylic acids is 1. The van der Waals surface area contributed by atoms with Crippen LogP contribution in [0, 0.1) is 0 Å². The van der Waals surface area contributed by atoms with Gasteiger partial charge in [0.2, 0.25) is 0 Å². The van der Waals surface area contributed by atoms with Crippen LogP contribution in [0.4, 0.5) is 0 Å². The average molecular weight is 432 g/mol. The van der Waals surface area contributed by atoms with Crippen LogP contribution in [0.2, 0.25) is 0 Å². The van der Waals surface area contributed by atoms with E-state index in [1.165, 1.54) is 0 Å². The first-order valence-corrected chi connectivity index (χ1v) is 11.1. The van der Waals surface area contributed by atoms with E-state index in [2.05, 4.69) is 0 Å². The molecule has 0 amide bonds. The lowest BCUT2D eigenvalue weighted by molar-refractivity contribution is -0.170. The van der Waals surface area contributed by atoms with Crippen molar-refractivity contribution in [2.75, 3.05) is 19.5 Å². The van der Waals surface area contributed by atoms with E-state index in [0.717, 1.165) is 11.8 Å². The molecule has 0 saturated carbocycles. The summed E-state index contributed by atoms with van der Waals surface area (Å²) in [4.78, 5) is 12.3. The van der Waals surface area contributed by atoms with Gasteiger partial charge in [0.05, 0.1) is 26.1 Å². The predicted molar refractivity (Wildman–Crippen MR) is 104 cm³/mol. The van der Waals surface area contributed by atoms with Crippen molar-refractivity contribution in [1.29, 1.82) is 0 Å². The molecule has 1 saturated heterocycles. The fraction of sp³-hybridized carbons (Fsp3) is 0.632. The van der Waals surface area contributed by atoms with Crippen LogP contribution >= 0.6 is 0 Å². The molecule has 1 aromatic carbocycles. The Morgan fingerprint density at radius 1 is 1.24 bits per heavy atom. The molecule has 2 N–H and O–H groups in total. The number of carbonyl (C=O) groups is 1. The number of hydrogen-bond acceptors (Lipinski definition) is 9. The molecule has 0 aliphatic carbocycles. The quantitative estimate of drug-likeness (QED) is 0.426. The Labute approximate surface area is 171 Å². The molecule has 9 nitrogen and oxygen atoms in total.